The molecule has 0 atom stereocenters. The summed E-state index contributed by atoms with van der Waals surface area (Å²) in [4.78, 5) is 0. The van der Waals surface area contributed by atoms with Crippen LogP contribution in [0.2, 0.25) is 5.02 Å². The van der Waals surface area contributed by atoms with Crippen LogP contribution in [0.4, 0.5) is 0 Å². The van der Waals surface area contributed by atoms with Crippen LogP contribution in [0, 0.1) is 11.3 Å². The fourth-order valence-corrected chi connectivity index (χ4v) is 1.92. The molecule has 0 bridgehead atoms. The monoisotopic (exact) mass is 227 g/mol. The van der Waals surface area contributed by atoms with Crippen LogP contribution < -0.4 is 0 Å². The maximum atomic E-state index is 8.60. The minimum atomic E-state index is 0.398. The first-order chi connectivity index (χ1) is 7.81. The lowest BCUT2D eigenvalue weighted by Crippen LogP contribution is -1.84. The Balaban J connectivity index is 2.41. The van der Waals surface area contributed by atoms with Gasteiger partial charge in [0.25, 0.3) is 0 Å². The number of nitrogens with zero attached hydrogens (tertiary/aromatic N) is 1. The molecule has 0 unspecified atom stereocenters. The fourth-order valence-electron chi connectivity index (χ4n) is 1.61. The van der Waals surface area contributed by atoms with Gasteiger partial charge in [-0.05, 0) is 17.2 Å². The van der Waals surface area contributed by atoms with Gasteiger partial charge in [-0.25, -0.2) is 0 Å². The van der Waals surface area contributed by atoms with E-state index in [4.69, 9.17) is 16.9 Å². The number of halogens is 1. The normalized spacial score (nSPS) is 9.75. The Bertz CT molecular complexity index is 526. The minimum absolute atomic E-state index is 0.398. The molecule has 0 fully saturated rings. The molecular formula is C14H10ClN. The Morgan fingerprint density at radius 1 is 1.06 bits per heavy atom. The summed E-state index contributed by atoms with van der Waals surface area (Å²) in [6.07, 6.45) is 0.398. The lowest BCUT2D eigenvalue weighted by molar-refractivity contribution is 1.26. The highest BCUT2D eigenvalue weighted by Crippen LogP contribution is 2.28. The molecule has 0 aromatic heterocycles. The Kier molecular flexibility index (Phi) is 3.24. The predicted molar refractivity (Wildman–Crippen MR) is 66.2 cm³/mol. The maximum Gasteiger partial charge on any atom is 0.0669 e. The largest absolute Gasteiger partial charge is 0.198 e. The van der Waals surface area contributed by atoms with Gasteiger partial charge >= 0.3 is 0 Å². The molecule has 0 aliphatic rings. The first-order valence-electron chi connectivity index (χ1n) is 5.02. The molecule has 2 aromatic rings. The molecule has 0 heterocycles. The molecule has 0 saturated carbocycles. The van der Waals surface area contributed by atoms with Crippen LogP contribution in [-0.4, -0.2) is 0 Å². The predicted octanol–water partition coefficient (Wildman–Crippen LogP) is 4.07. The van der Waals surface area contributed by atoms with Crippen LogP contribution in [0.25, 0.3) is 11.1 Å². The molecule has 2 heteroatoms. The quantitative estimate of drug-likeness (QED) is 0.759. The molecule has 0 aliphatic heterocycles. The number of hydrogen-bond donors (Lipinski definition) is 0. The Hall–Kier alpha value is -1.78. The summed E-state index contributed by atoms with van der Waals surface area (Å²) in [7, 11) is 0. The van der Waals surface area contributed by atoms with Gasteiger partial charge in [-0.2, -0.15) is 5.26 Å². The van der Waals surface area contributed by atoms with E-state index < -0.39 is 0 Å². The fraction of sp³-hybridized carbons (Fsp3) is 0.0714. The Morgan fingerprint density at radius 2 is 1.81 bits per heavy atom. The third kappa shape index (κ3) is 2.24. The third-order valence-corrected chi connectivity index (χ3v) is 2.71. The van der Waals surface area contributed by atoms with Crippen molar-refractivity contribution in [3.8, 4) is 17.2 Å². The van der Waals surface area contributed by atoms with Crippen molar-refractivity contribution in [3.05, 3.63) is 59.1 Å². The van der Waals surface area contributed by atoms with Crippen LogP contribution in [0.15, 0.2) is 48.5 Å². The van der Waals surface area contributed by atoms with Gasteiger partial charge in [0.2, 0.25) is 0 Å². The Morgan fingerprint density at radius 3 is 2.44 bits per heavy atom. The average molecular weight is 228 g/mol. The van der Waals surface area contributed by atoms with Crippen molar-refractivity contribution in [3.63, 3.8) is 0 Å². The van der Waals surface area contributed by atoms with Crippen LogP contribution >= 0.6 is 11.6 Å². The summed E-state index contributed by atoms with van der Waals surface area (Å²) >= 11 is 6.19. The molecule has 16 heavy (non-hydrogen) atoms. The van der Waals surface area contributed by atoms with Gasteiger partial charge in [0.15, 0.2) is 0 Å². The van der Waals surface area contributed by atoms with E-state index in [2.05, 4.69) is 6.07 Å². The number of rotatable bonds is 2. The van der Waals surface area contributed by atoms with Crippen molar-refractivity contribution < 1.29 is 0 Å². The van der Waals surface area contributed by atoms with Crippen molar-refractivity contribution in [2.75, 3.05) is 0 Å². The zero-order chi connectivity index (χ0) is 11.4. The molecule has 0 saturated heterocycles. The summed E-state index contributed by atoms with van der Waals surface area (Å²) in [6.45, 7) is 0. The van der Waals surface area contributed by atoms with Crippen LogP contribution in [-0.2, 0) is 6.42 Å². The standard InChI is InChI=1S/C14H10ClN/c15-14-10-11(8-9-16)6-7-13(14)12-4-2-1-3-5-12/h1-7,10H,8H2. The van der Waals surface area contributed by atoms with Crippen molar-refractivity contribution in [1.82, 2.24) is 0 Å². The lowest BCUT2D eigenvalue weighted by atomic mass is 10.0. The maximum absolute atomic E-state index is 8.60. The SMILES string of the molecule is N#CCc1ccc(-c2ccccc2)c(Cl)c1. The molecule has 0 aliphatic carbocycles. The highest BCUT2D eigenvalue weighted by molar-refractivity contribution is 6.33. The van der Waals surface area contributed by atoms with Gasteiger partial charge in [-0.3, -0.25) is 0 Å². The van der Waals surface area contributed by atoms with E-state index >= 15 is 0 Å². The average Bonchev–Trinajstić information content (AvgIpc) is 2.31. The van der Waals surface area contributed by atoms with Gasteiger partial charge in [0.1, 0.15) is 0 Å². The zero-order valence-corrected chi connectivity index (χ0v) is 9.41. The topological polar surface area (TPSA) is 23.8 Å². The lowest BCUT2D eigenvalue weighted by Gasteiger charge is -2.05. The molecule has 0 N–H and O–H groups in total. The number of nitriles is 1. The van der Waals surface area contributed by atoms with Crippen molar-refractivity contribution in [2.24, 2.45) is 0 Å². The van der Waals surface area contributed by atoms with E-state index in [-0.39, 0.29) is 0 Å². The molecule has 0 spiro atoms. The first-order valence-corrected chi connectivity index (χ1v) is 5.40. The summed E-state index contributed by atoms with van der Waals surface area (Å²) in [6, 6.07) is 17.8. The van der Waals surface area contributed by atoms with E-state index in [9.17, 15) is 0 Å². The molecule has 1 nitrogen and oxygen atoms in total. The van der Waals surface area contributed by atoms with E-state index in [1.807, 2.05) is 48.5 Å². The van der Waals surface area contributed by atoms with Crippen molar-refractivity contribution in [1.29, 1.82) is 5.26 Å². The van der Waals surface area contributed by atoms with E-state index in [1.54, 1.807) is 0 Å². The Labute approximate surface area is 99.9 Å². The smallest absolute Gasteiger partial charge is 0.0669 e. The molecular weight excluding hydrogens is 218 g/mol. The van der Waals surface area contributed by atoms with Gasteiger partial charge in [-0.1, -0.05) is 54.1 Å². The van der Waals surface area contributed by atoms with Crippen molar-refractivity contribution >= 4 is 11.6 Å². The van der Waals surface area contributed by atoms with Crippen LogP contribution in [0.5, 0.6) is 0 Å². The first kappa shape index (κ1) is 10.7. The number of hydrogen-bond acceptors (Lipinski definition) is 1. The summed E-state index contributed by atoms with van der Waals surface area (Å²) < 4.78 is 0. The molecule has 78 valence electrons. The zero-order valence-electron chi connectivity index (χ0n) is 8.65. The van der Waals surface area contributed by atoms with Gasteiger partial charge in [-0.15, -0.1) is 0 Å². The minimum Gasteiger partial charge on any atom is -0.198 e. The molecule has 2 aromatic carbocycles. The molecule has 0 amide bonds. The summed E-state index contributed by atoms with van der Waals surface area (Å²) in [5.74, 6) is 0. The van der Waals surface area contributed by atoms with Gasteiger partial charge < -0.3 is 0 Å². The molecule has 0 radical (unpaired) electrons. The van der Waals surface area contributed by atoms with E-state index in [0.29, 0.717) is 11.4 Å². The highest BCUT2D eigenvalue weighted by Gasteiger charge is 2.03. The second kappa shape index (κ2) is 4.83. The summed E-state index contributed by atoms with van der Waals surface area (Å²) in [5, 5.41) is 9.30. The van der Waals surface area contributed by atoms with E-state index in [1.165, 1.54) is 0 Å². The third-order valence-electron chi connectivity index (χ3n) is 2.40. The van der Waals surface area contributed by atoms with Gasteiger partial charge in [0, 0.05) is 10.6 Å². The van der Waals surface area contributed by atoms with E-state index in [0.717, 1.165) is 16.7 Å². The van der Waals surface area contributed by atoms with Crippen LogP contribution in [0.3, 0.4) is 0 Å². The van der Waals surface area contributed by atoms with Gasteiger partial charge in [0.05, 0.1) is 12.5 Å². The highest BCUT2D eigenvalue weighted by atomic mass is 35.5. The second-order valence-corrected chi connectivity index (χ2v) is 3.92. The number of benzene rings is 2. The summed E-state index contributed by atoms with van der Waals surface area (Å²) in [5.41, 5.74) is 3.05. The van der Waals surface area contributed by atoms with Crippen molar-refractivity contribution in [2.45, 2.75) is 6.42 Å². The second-order valence-electron chi connectivity index (χ2n) is 3.52. The van der Waals surface area contributed by atoms with Crippen LogP contribution in [0.1, 0.15) is 5.56 Å². The molecule has 2 rings (SSSR count).